The minimum absolute atomic E-state index is 0.249. The second kappa shape index (κ2) is 5.83. The van der Waals surface area contributed by atoms with Crippen molar-refractivity contribution >= 4 is 10.0 Å². The highest BCUT2D eigenvalue weighted by Crippen LogP contribution is 2.35. The molecule has 0 bridgehead atoms. The molecule has 1 aromatic rings. The van der Waals surface area contributed by atoms with Crippen LogP contribution in [0.5, 0.6) is 5.75 Å². The average molecular weight is 324 g/mol. The second-order valence-electron chi connectivity index (χ2n) is 6.48. The lowest BCUT2D eigenvalue weighted by Gasteiger charge is -2.42. The maximum absolute atomic E-state index is 12.8. The second-order valence-corrected chi connectivity index (χ2v) is 8.16. The van der Waals surface area contributed by atoms with Gasteiger partial charge in [0, 0.05) is 18.5 Å². The number of nitrogens with one attached hydrogen (secondary N) is 1. The van der Waals surface area contributed by atoms with Crippen LogP contribution in [0.3, 0.4) is 0 Å². The van der Waals surface area contributed by atoms with Gasteiger partial charge < -0.3 is 10.5 Å². The van der Waals surface area contributed by atoms with E-state index >= 15 is 0 Å². The zero-order valence-electron chi connectivity index (χ0n) is 13.0. The Bertz CT molecular complexity index is 659. The number of hydrogen-bond donors (Lipinski definition) is 2. The third kappa shape index (κ3) is 2.75. The van der Waals surface area contributed by atoms with Crippen LogP contribution in [0.25, 0.3) is 0 Å². The molecule has 1 aromatic carbocycles. The lowest BCUT2D eigenvalue weighted by atomic mass is 9.74. The summed E-state index contributed by atoms with van der Waals surface area (Å²) in [7, 11) is -3.57. The number of benzene rings is 1. The molecule has 22 heavy (non-hydrogen) atoms. The molecule has 1 saturated carbocycles. The van der Waals surface area contributed by atoms with E-state index in [0.717, 1.165) is 43.4 Å². The van der Waals surface area contributed by atoms with E-state index < -0.39 is 15.6 Å². The van der Waals surface area contributed by atoms with Crippen LogP contribution in [0.15, 0.2) is 23.1 Å². The lowest BCUT2D eigenvalue weighted by molar-refractivity contribution is 0.191. The SMILES string of the molecule is CC1CCCCC1(CN)NS(=O)(=O)c1ccc2c(c1)CCO2. The molecule has 2 aliphatic rings. The Morgan fingerprint density at radius 3 is 2.95 bits per heavy atom. The number of hydrogen-bond acceptors (Lipinski definition) is 4. The first kappa shape index (κ1) is 15.8. The topological polar surface area (TPSA) is 81.4 Å². The fourth-order valence-electron chi connectivity index (χ4n) is 3.57. The minimum atomic E-state index is -3.57. The Hall–Kier alpha value is -1.11. The van der Waals surface area contributed by atoms with Crippen LogP contribution in [0, 0.1) is 5.92 Å². The summed E-state index contributed by atoms with van der Waals surface area (Å²) in [5.41, 5.74) is 6.40. The van der Waals surface area contributed by atoms with E-state index in [2.05, 4.69) is 11.6 Å². The van der Waals surface area contributed by atoms with Crippen LogP contribution in [-0.2, 0) is 16.4 Å². The van der Waals surface area contributed by atoms with Gasteiger partial charge in [-0.1, -0.05) is 19.8 Å². The van der Waals surface area contributed by atoms with Crippen LogP contribution in [0.4, 0.5) is 0 Å². The van der Waals surface area contributed by atoms with E-state index in [-0.39, 0.29) is 5.92 Å². The summed E-state index contributed by atoms with van der Waals surface area (Å²) in [5, 5.41) is 0. The minimum Gasteiger partial charge on any atom is -0.493 e. The van der Waals surface area contributed by atoms with Gasteiger partial charge in [0.15, 0.2) is 0 Å². The molecule has 5 nitrogen and oxygen atoms in total. The molecule has 1 aliphatic heterocycles. The standard InChI is InChI=1S/C16H24N2O3S/c1-12-4-2-3-8-16(12,11-17)18-22(19,20)14-5-6-15-13(10-14)7-9-21-15/h5-6,10,12,18H,2-4,7-9,11,17H2,1H3. The Kier molecular flexibility index (Phi) is 4.18. The molecule has 2 atom stereocenters. The van der Waals surface area contributed by atoms with Gasteiger partial charge in [0.25, 0.3) is 0 Å². The molecule has 6 heteroatoms. The average Bonchev–Trinajstić information content (AvgIpc) is 2.97. The maximum atomic E-state index is 12.8. The van der Waals surface area contributed by atoms with Crippen molar-refractivity contribution in [3.05, 3.63) is 23.8 Å². The fraction of sp³-hybridized carbons (Fsp3) is 0.625. The van der Waals surface area contributed by atoms with Gasteiger partial charge in [-0.15, -0.1) is 0 Å². The van der Waals surface area contributed by atoms with Crippen LogP contribution < -0.4 is 15.2 Å². The highest BCUT2D eigenvalue weighted by molar-refractivity contribution is 7.89. The molecule has 3 rings (SSSR count). The summed E-state index contributed by atoms with van der Waals surface area (Å²) >= 11 is 0. The zero-order valence-corrected chi connectivity index (χ0v) is 13.8. The molecule has 0 spiro atoms. The monoisotopic (exact) mass is 324 g/mol. The Morgan fingerprint density at radius 1 is 1.41 bits per heavy atom. The van der Waals surface area contributed by atoms with E-state index in [1.54, 1.807) is 18.2 Å². The first-order valence-electron chi connectivity index (χ1n) is 7.97. The molecule has 1 heterocycles. The highest BCUT2D eigenvalue weighted by atomic mass is 32.2. The molecule has 3 N–H and O–H groups in total. The summed E-state index contributed by atoms with van der Waals surface area (Å²) < 4.78 is 34.0. The molecule has 0 radical (unpaired) electrons. The van der Waals surface area contributed by atoms with Crippen LogP contribution in [0.2, 0.25) is 0 Å². The van der Waals surface area contributed by atoms with Crippen LogP contribution in [0.1, 0.15) is 38.2 Å². The van der Waals surface area contributed by atoms with Gasteiger partial charge in [0.2, 0.25) is 10.0 Å². The van der Waals surface area contributed by atoms with Crippen molar-refractivity contribution in [3.8, 4) is 5.75 Å². The Balaban J connectivity index is 1.89. The summed E-state index contributed by atoms with van der Waals surface area (Å²) in [5.74, 6) is 1.04. The summed E-state index contributed by atoms with van der Waals surface area (Å²) in [6.07, 6.45) is 4.73. The van der Waals surface area contributed by atoms with Crippen molar-refractivity contribution in [3.63, 3.8) is 0 Å². The molecular weight excluding hydrogens is 300 g/mol. The van der Waals surface area contributed by atoms with E-state index in [0.29, 0.717) is 18.0 Å². The molecule has 0 aromatic heterocycles. The van der Waals surface area contributed by atoms with Gasteiger partial charge in [0.05, 0.1) is 11.5 Å². The normalized spacial score (nSPS) is 28.2. The van der Waals surface area contributed by atoms with Gasteiger partial charge in [-0.05, 0) is 42.5 Å². The van der Waals surface area contributed by atoms with Gasteiger partial charge in [-0.25, -0.2) is 13.1 Å². The van der Waals surface area contributed by atoms with Crippen molar-refractivity contribution in [2.75, 3.05) is 13.2 Å². The zero-order chi connectivity index (χ0) is 15.8. The number of nitrogens with two attached hydrogens (primary N) is 1. The Labute approximate surface area is 132 Å². The largest absolute Gasteiger partial charge is 0.493 e. The quantitative estimate of drug-likeness (QED) is 0.885. The number of sulfonamides is 1. The van der Waals surface area contributed by atoms with Crippen LogP contribution >= 0.6 is 0 Å². The first-order chi connectivity index (χ1) is 10.5. The van der Waals surface area contributed by atoms with Gasteiger partial charge in [0.1, 0.15) is 5.75 Å². The van der Waals surface area contributed by atoms with E-state index in [1.807, 2.05) is 0 Å². The molecule has 0 amide bonds. The van der Waals surface area contributed by atoms with Crippen molar-refractivity contribution in [1.29, 1.82) is 0 Å². The molecule has 0 saturated heterocycles. The predicted octanol–water partition coefficient (Wildman–Crippen LogP) is 1.81. The summed E-state index contributed by atoms with van der Waals surface area (Å²) in [4.78, 5) is 0.308. The fourth-order valence-corrected chi connectivity index (χ4v) is 5.15. The summed E-state index contributed by atoms with van der Waals surface area (Å²) in [6, 6.07) is 5.09. The molecule has 1 fully saturated rings. The first-order valence-corrected chi connectivity index (χ1v) is 9.45. The van der Waals surface area contributed by atoms with E-state index in [4.69, 9.17) is 10.5 Å². The van der Waals surface area contributed by atoms with E-state index in [1.165, 1.54) is 0 Å². The third-order valence-corrected chi connectivity index (χ3v) is 6.68. The molecular formula is C16H24N2O3S. The van der Waals surface area contributed by atoms with E-state index in [9.17, 15) is 8.42 Å². The van der Waals surface area contributed by atoms with Crippen molar-refractivity contribution in [1.82, 2.24) is 4.72 Å². The van der Waals surface area contributed by atoms with Crippen molar-refractivity contribution in [2.24, 2.45) is 11.7 Å². The Morgan fingerprint density at radius 2 is 2.23 bits per heavy atom. The molecule has 2 unspecified atom stereocenters. The van der Waals surface area contributed by atoms with Crippen molar-refractivity contribution in [2.45, 2.75) is 49.5 Å². The maximum Gasteiger partial charge on any atom is 0.241 e. The number of fused-ring (bicyclic) bond motifs is 1. The smallest absolute Gasteiger partial charge is 0.241 e. The highest BCUT2D eigenvalue weighted by Gasteiger charge is 2.40. The van der Waals surface area contributed by atoms with Gasteiger partial charge in [-0.3, -0.25) is 0 Å². The number of rotatable bonds is 4. The predicted molar refractivity (Wildman–Crippen MR) is 85.4 cm³/mol. The van der Waals surface area contributed by atoms with Crippen molar-refractivity contribution < 1.29 is 13.2 Å². The van der Waals surface area contributed by atoms with Gasteiger partial charge >= 0.3 is 0 Å². The summed E-state index contributed by atoms with van der Waals surface area (Å²) in [6.45, 7) is 3.04. The molecule has 1 aliphatic carbocycles. The third-order valence-electron chi connectivity index (χ3n) is 5.13. The molecule has 122 valence electrons. The lowest BCUT2D eigenvalue weighted by Crippen LogP contribution is -2.58. The van der Waals surface area contributed by atoms with Crippen LogP contribution in [-0.4, -0.2) is 27.1 Å². The van der Waals surface area contributed by atoms with Gasteiger partial charge in [-0.2, -0.15) is 0 Å². The number of ether oxygens (including phenoxy) is 1.